The summed E-state index contributed by atoms with van der Waals surface area (Å²) in [6.45, 7) is 0. The molecule has 0 amide bonds. The SMILES string of the molecule is CSc1cccc(C(=O)Oc2ccc3nc(N)nc(N)c3c2)c1. The Hall–Kier alpha value is -2.80. The molecule has 6 nitrogen and oxygen atoms in total. The molecule has 0 atom stereocenters. The topological polar surface area (TPSA) is 104 Å². The Bertz CT molecular complexity index is 898. The second kappa shape index (κ2) is 6.13. The molecule has 0 aliphatic carbocycles. The minimum Gasteiger partial charge on any atom is -0.423 e. The molecule has 0 unspecified atom stereocenters. The number of thioether (sulfide) groups is 1. The van der Waals surface area contributed by atoms with E-state index in [0.29, 0.717) is 22.2 Å². The Kier molecular flexibility index (Phi) is 4.03. The van der Waals surface area contributed by atoms with Crippen molar-refractivity contribution in [1.29, 1.82) is 0 Å². The Labute approximate surface area is 136 Å². The van der Waals surface area contributed by atoms with Crippen LogP contribution in [0.5, 0.6) is 5.75 Å². The molecule has 0 bridgehead atoms. The maximum absolute atomic E-state index is 12.2. The Balaban J connectivity index is 1.90. The molecule has 0 saturated heterocycles. The van der Waals surface area contributed by atoms with E-state index in [-0.39, 0.29) is 11.8 Å². The summed E-state index contributed by atoms with van der Waals surface area (Å²) in [7, 11) is 0. The highest BCUT2D eigenvalue weighted by molar-refractivity contribution is 7.98. The molecule has 7 heteroatoms. The third kappa shape index (κ3) is 3.19. The van der Waals surface area contributed by atoms with Gasteiger partial charge in [-0.05, 0) is 42.7 Å². The van der Waals surface area contributed by atoms with Crippen molar-refractivity contribution >= 4 is 40.4 Å². The molecule has 0 spiro atoms. The third-order valence-electron chi connectivity index (χ3n) is 3.23. The average molecular weight is 326 g/mol. The van der Waals surface area contributed by atoms with E-state index in [9.17, 15) is 4.79 Å². The highest BCUT2D eigenvalue weighted by Gasteiger charge is 2.11. The van der Waals surface area contributed by atoms with Gasteiger partial charge in [0.1, 0.15) is 11.6 Å². The molecule has 2 aromatic carbocycles. The number of benzene rings is 2. The zero-order chi connectivity index (χ0) is 16.4. The number of fused-ring (bicyclic) bond motifs is 1. The van der Waals surface area contributed by atoms with Gasteiger partial charge in [0.05, 0.1) is 11.1 Å². The number of ether oxygens (including phenoxy) is 1. The van der Waals surface area contributed by atoms with Gasteiger partial charge in [0.15, 0.2) is 0 Å². The number of nitrogens with zero attached hydrogens (tertiary/aromatic N) is 2. The molecule has 0 aliphatic rings. The van der Waals surface area contributed by atoms with Crippen LogP contribution < -0.4 is 16.2 Å². The van der Waals surface area contributed by atoms with Crippen LogP contribution in [0.25, 0.3) is 10.9 Å². The summed E-state index contributed by atoms with van der Waals surface area (Å²) < 4.78 is 5.40. The van der Waals surface area contributed by atoms with Crippen LogP contribution in [0.1, 0.15) is 10.4 Å². The molecule has 0 radical (unpaired) electrons. The maximum Gasteiger partial charge on any atom is 0.343 e. The van der Waals surface area contributed by atoms with E-state index in [0.717, 1.165) is 4.90 Å². The number of hydrogen-bond donors (Lipinski definition) is 2. The monoisotopic (exact) mass is 326 g/mol. The minimum absolute atomic E-state index is 0.105. The van der Waals surface area contributed by atoms with Crippen LogP contribution in [0.3, 0.4) is 0 Å². The summed E-state index contributed by atoms with van der Waals surface area (Å²) in [6.07, 6.45) is 1.95. The predicted octanol–water partition coefficient (Wildman–Crippen LogP) is 2.74. The second-order valence-corrected chi connectivity index (χ2v) is 5.65. The van der Waals surface area contributed by atoms with Crippen molar-refractivity contribution in [3.05, 3.63) is 48.0 Å². The van der Waals surface area contributed by atoms with Crippen LogP contribution >= 0.6 is 11.8 Å². The van der Waals surface area contributed by atoms with Crippen molar-refractivity contribution in [2.24, 2.45) is 0 Å². The fourth-order valence-corrected chi connectivity index (χ4v) is 2.59. The van der Waals surface area contributed by atoms with E-state index in [1.165, 1.54) is 0 Å². The van der Waals surface area contributed by atoms with Crippen molar-refractivity contribution < 1.29 is 9.53 Å². The normalized spacial score (nSPS) is 10.7. The molecule has 1 aromatic heterocycles. The fraction of sp³-hybridized carbons (Fsp3) is 0.0625. The highest BCUT2D eigenvalue weighted by Crippen LogP contribution is 2.25. The van der Waals surface area contributed by atoms with E-state index in [2.05, 4.69) is 9.97 Å². The van der Waals surface area contributed by atoms with Crippen LogP contribution in [0.2, 0.25) is 0 Å². The van der Waals surface area contributed by atoms with Gasteiger partial charge in [-0.3, -0.25) is 0 Å². The molecule has 23 heavy (non-hydrogen) atoms. The standard InChI is InChI=1S/C16H14N4O2S/c1-23-11-4-2-3-9(7-11)15(21)22-10-5-6-13-12(8-10)14(17)20-16(18)19-13/h2-8H,1H3,(H4,17,18,19,20). The molecule has 0 aliphatic heterocycles. The van der Waals surface area contributed by atoms with E-state index in [4.69, 9.17) is 16.2 Å². The molecular formula is C16H14N4O2S. The number of nitrogens with two attached hydrogens (primary N) is 2. The van der Waals surface area contributed by atoms with Gasteiger partial charge in [-0.2, -0.15) is 4.98 Å². The Morgan fingerprint density at radius 2 is 1.96 bits per heavy atom. The van der Waals surface area contributed by atoms with Crippen molar-refractivity contribution in [1.82, 2.24) is 9.97 Å². The minimum atomic E-state index is -0.435. The van der Waals surface area contributed by atoms with E-state index in [1.807, 2.05) is 18.4 Å². The van der Waals surface area contributed by atoms with Gasteiger partial charge in [-0.25, -0.2) is 9.78 Å². The van der Waals surface area contributed by atoms with Gasteiger partial charge in [0, 0.05) is 10.3 Å². The first-order valence-corrected chi connectivity index (χ1v) is 7.98. The van der Waals surface area contributed by atoms with Gasteiger partial charge in [0.2, 0.25) is 5.95 Å². The predicted molar refractivity (Wildman–Crippen MR) is 91.5 cm³/mol. The largest absolute Gasteiger partial charge is 0.423 e. The molecule has 3 aromatic rings. The van der Waals surface area contributed by atoms with E-state index < -0.39 is 5.97 Å². The lowest BCUT2D eigenvalue weighted by Gasteiger charge is -2.07. The number of anilines is 2. The number of carbonyl (C=O) groups is 1. The quantitative estimate of drug-likeness (QED) is 0.433. The van der Waals surface area contributed by atoms with Crippen molar-refractivity contribution in [2.75, 3.05) is 17.7 Å². The summed E-state index contributed by atoms with van der Waals surface area (Å²) >= 11 is 1.56. The van der Waals surface area contributed by atoms with Crippen LogP contribution in [0.15, 0.2) is 47.4 Å². The number of rotatable bonds is 3. The lowest BCUT2D eigenvalue weighted by atomic mass is 10.2. The number of esters is 1. The van der Waals surface area contributed by atoms with Gasteiger partial charge >= 0.3 is 5.97 Å². The van der Waals surface area contributed by atoms with Gasteiger partial charge in [-0.1, -0.05) is 6.07 Å². The summed E-state index contributed by atoms with van der Waals surface area (Å²) in [5.41, 5.74) is 12.5. The molecule has 3 rings (SSSR count). The number of aromatic nitrogens is 2. The summed E-state index contributed by atoms with van der Waals surface area (Å²) in [5.74, 6) is 0.288. The second-order valence-electron chi connectivity index (χ2n) is 4.77. The van der Waals surface area contributed by atoms with Crippen molar-refractivity contribution in [3.8, 4) is 5.75 Å². The fourth-order valence-electron chi connectivity index (χ4n) is 2.13. The lowest BCUT2D eigenvalue weighted by molar-refractivity contribution is 0.0734. The van der Waals surface area contributed by atoms with E-state index in [1.54, 1.807) is 42.1 Å². The number of nitrogen functional groups attached to an aromatic ring is 2. The lowest BCUT2D eigenvalue weighted by Crippen LogP contribution is -2.08. The van der Waals surface area contributed by atoms with Gasteiger partial charge < -0.3 is 16.2 Å². The maximum atomic E-state index is 12.2. The zero-order valence-corrected chi connectivity index (χ0v) is 13.1. The molecule has 0 saturated carbocycles. The molecule has 4 N–H and O–H groups in total. The van der Waals surface area contributed by atoms with Crippen LogP contribution in [0.4, 0.5) is 11.8 Å². The molecular weight excluding hydrogens is 312 g/mol. The zero-order valence-electron chi connectivity index (χ0n) is 12.3. The van der Waals surface area contributed by atoms with Gasteiger partial charge in [-0.15, -0.1) is 11.8 Å². The Morgan fingerprint density at radius 3 is 2.74 bits per heavy atom. The first-order chi connectivity index (χ1) is 11.1. The van der Waals surface area contributed by atoms with Crippen LogP contribution in [0, 0.1) is 0 Å². The van der Waals surface area contributed by atoms with E-state index >= 15 is 0 Å². The highest BCUT2D eigenvalue weighted by atomic mass is 32.2. The van der Waals surface area contributed by atoms with Crippen molar-refractivity contribution in [3.63, 3.8) is 0 Å². The smallest absolute Gasteiger partial charge is 0.343 e. The summed E-state index contributed by atoms with van der Waals surface area (Å²) in [5, 5.41) is 0.586. The van der Waals surface area contributed by atoms with Crippen LogP contribution in [-0.2, 0) is 0 Å². The molecule has 0 fully saturated rings. The average Bonchev–Trinajstić information content (AvgIpc) is 2.55. The van der Waals surface area contributed by atoms with Crippen LogP contribution in [-0.4, -0.2) is 22.2 Å². The summed E-state index contributed by atoms with van der Waals surface area (Å²) in [4.78, 5) is 21.2. The number of hydrogen-bond acceptors (Lipinski definition) is 7. The summed E-state index contributed by atoms with van der Waals surface area (Å²) in [6, 6.07) is 12.2. The first kappa shape index (κ1) is 15.1. The molecule has 116 valence electrons. The van der Waals surface area contributed by atoms with Gasteiger partial charge in [0.25, 0.3) is 0 Å². The first-order valence-electron chi connectivity index (χ1n) is 6.76. The number of carbonyl (C=O) groups excluding carboxylic acids is 1. The van der Waals surface area contributed by atoms with Crippen molar-refractivity contribution in [2.45, 2.75) is 4.90 Å². The molecule has 1 heterocycles. The third-order valence-corrected chi connectivity index (χ3v) is 3.96. The Morgan fingerprint density at radius 1 is 1.13 bits per heavy atom.